The summed E-state index contributed by atoms with van der Waals surface area (Å²) >= 11 is 17.6. The molecule has 1 amide bonds. The van der Waals surface area contributed by atoms with Crippen LogP contribution in [0.2, 0.25) is 0 Å². The van der Waals surface area contributed by atoms with Crippen molar-refractivity contribution in [1.29, 1.82) is 0 Å². The van der Waals surface area contributed by atoms with Gasteiger partial charge in [0, 0.05) is 12.0 Å². The third-order valence-electron chi connectivity index (χ3n) is 2.42. The topological polar surface area (TPSA) is 45.7 Å². The molecule has 3 N–H and O–H groups in total. The molecule has 0 aliphatic carbocycles. The number of carbonyl (C=O) groups is 1. The van der Waals surface area contributed by atoms with Crippen molar-refractivity contribution in [3.63, 3.8) is 0 Å². The van der Waals surface area contributed by atoms with Crippen LogP contribution in [0.25, 0.3) is 0 Å². The SMILES string of the molecule is CCC(=O)N[C@@H]([NH2+]Cc1ccccc1)C(Cl)(Cl)Cl. The van der Waals surface area contributed by atoms with E-state index in [1.54, 1.807) is 12.2 Å². The maximum Gasteiger partial charge on any atom is 0.262 e. The first kappa shape index (κ1) is 15.6. The number of alkyl halides is 3. The van der Waals surface area contributed by atoms with Crippen LogP contribution in [0.1, 0.15) is 18.9 Å². The zero-order valence-electron chi connectivity index (χ0n) is 10.00. The molecule has 1 aromatic rings. The molecule has 1 aromatic carbocycles. The van der Waals surface area contributed by atoms with Crippen molar-refractivity contribution < 1.29 is 10.1 Å². The van der Waals surface area contributed by atoms with Gasteiger partial charge in [-0.25, -0.2) is 0 Å². The molecule has 6 heteroatoms. The lowest BCUT2D eigenvalue weighted by molar-refractivity contribution is -0.707. The average Bonchev–Trinajstić information content (AvgIpc) is 2.34. The summed E-state index contributed by atoms with van der Waals surface area (Å²) in [6.07, 6.45) is -0.244. The quantitative estimate of drug-likeness (QED) is 0.634. The number of hydrogen-bond donors (Lipinski definition) is 2. The van der Waals surface area contributed by atoms with Crippen molar-refractivity contribution in [3.8, 4) is 0 Å². The summed E-state index contributed by atoms with van der Waals surface area (Å²) in [6, 6.07) is 9.78. The Bertz CT molecular complexity index is 379. The minimum Gasteiger partial charge on any atom is -0.319 e. The second-order valence-corrected chi connectivity index (χ2v) is 6.23. The first-order valence-corrected chi connectivity index (χ1v) is 6.80. The minimum absolute atomic E-state index is 0.143. The fourth-order valence-electron chi connectivity index (χ4n) is 1.42. The van der Waals surface area contributed by atoms with Gasteiger partial charge < -0.3 is 10.6 Å². The van der Waals surface area contributed by atoms with E-state index in [1.807, 2.05) is 30.3 Å². The molecule has 3 nitrogen and oxygen atoms in total. The van der Waals surface area contributed by atoms with Gasteiger partial charge in [-0.2, -0.15) is 0 Å². The molecule has 0 aliphatic rings. The van der Waals surface area contributed by atoms with Gasteiger partial charge in [0.1, 0.15) is 6.54 Å². The smallest absolute Gasteiger partial charge is 0.262 e. The number of hydrogen-bond acceptors (Lipinski definition) is 1. The number of halogens is 3. The molecule has 0 unspecified atom stereocenters. The highest BCUT2D eigenvalue weighted by Crippen LogP contribution is 2.27. The third-order valence-corrected chi connectivity index (χ3v) is 3.13. The van der Waals surface area contributed by atoms with Crippen LogP contribution in [-0.4, -0.2) is 15.9 Å². The maximum absolute atomic E-state index is 11.4. The van der Waals surface area contributed by atoms with E-state index in [9.17, 15) is 4.79 Å². The van der Waals surface area contributed by atoms with Crippen LogP contribution >= 0.6 is 34.8 Å². The standard InChI is InChI=1S/C12H15Cl3N2O/c1-2-10(18)17-11(12(13,14)15)16-8-9-6-4-3-5-7-9/h3-7,11,16H,2,8H2,1H3,(H,17,18)/p+1/t11-/m1/s1. The number of rotatable bonds is 5. The van der Waals surface area contributed by atoms with Gasteiger partial charge in [0.25, 0.3) is 3.79 Å². The van der Waals surface area contributed by atoms with Gasteiger partial charge in [0.2, 0.25) is 12.1 Å². The van der Waals surface area contributed by atoms with Gasteiger partial charge >= 0.3 is 0 Å². The Hall–Kier alpha value is -0.480. The Morgan fingerprint density at radius 2 is 1.94 bits per heavy atom. The lowest BCUT2D eigenvalue weighted by atomic mass is 10.2. The van der Waals surface area contributed by atoms with Crippen LogP contribution < -0.4 is 10.6 Å². The fourth-order valence-corrected chi connectivity index (χ4v) is 1.85. The number of nitrogens with two attached hydrogens (primary N) is 1. The Morgan fingerprint density at radius 1 is 1.33 bits per heavy atom. The predicted octanol–water partition coefficient (Wildman–Crippen LogP) is 1.97. The molecule has 0 saturated heterocycles. The first-order valence-electron chi connectivity index (χ1n) is 5.66. The summed E-state index contributed by atoms with van der Waals surface area (Å²) < 4.78 is -1.54. The van der Waals surface area contributed by atoms with Gasteiger partial charge in [-0.1, -0.05) is 72.1 Å². The van der Waals surface area contributed by atoms with Crippen molar-refractivity contribution in [3.05, 3.63) is 35.9 Å². The van der Waals surface area contributed by atoms with Gasteiger partial charge in [0.05, 0.1) is 0 Å². The van der Waals surface area contributed by atoms with E-state index < -0.39 is 9.96 Å². The Morgan fingerprint density at radius 3 is 2.44 bits per heavy atom. The molecule has 0 saturated carbocycles. The van der Waals surface area contributed by atoms with Crippen molar-refractivity contribution >= 4 is 40.7 Å². The summed E-state index contributed by atoms with van der Waals surface area (Å²) in [5.41, 5.74) is 1.10. The zero-order valence-corrected chi connectivity index (χ0v) is 12.3. The van der Waals surface area contributed by atoms with Crippen molar-refractivity contribution in [2.24, 2.45) is 0 Å². The normalized spacial score (nSPS) is 13.1. The van der Waals surface area contributed by atoms with Crippen LogP contribution in [0, 0.1) is 0 Å². The second-order valence-electron chi connectivity index (χ2n) is 3.87. The van der Waals surface area contributed by atoms with E-state index in [4.69, 9.17) is 34.8 Å². The lowest BCUT2D eigenvalue weighted by Crippen LogP contribution is -2.95. The number of quaternary nitrogens is 1. The molecule has 0 fully saturated rings. The van der Waals surface area contributed by atoms with Crippen molar-refractivity contribution in [2.45, 2.75) is 29.8 Å². The summed E-state index contributed by atoms with van der Waals surface area (Å²) in [6.45, 7) is 2.38. The fraction of sp³-hybridized carbons (Fsp3) is 0.417. The van der Waals surface area contributed by atoms with E-state index in [2.05, 4.69) is 5.32 Å². The highest BCUT2D eigenvalue weighted by Gasteiger charge is 2.36. The molecule has 1 rings (SSSR count). The molecule has 0 spiro atoms. The van der Waals surface area contributed by atoms with Crippen LogP contribution in [0.4, 0.5) is 0 Å². The van der Waals surface area contributed by atoms with E-state index in [1.165, 1.54) is 0 Å². The van der Waals surface area contributed by atoms with Crippen LogP contribution in [0.3, 0.4) is 0 Å². The second kappa shape index (κ2) is 7.19. The molecule has 0 aliphatic heterocycles. The molecular weight excluding hydrogens is 295 g/mol. The van der Waals surface area contributed by atoms with Gasteiger partial charge in [-0.15, -0.1) is 0 Å². The average molecular weight is 311 g/mol. The van der Waals surface area contributed by atoms with Crippen molar-refractivity contribution in [2.75, 3.05) is 0 Å². The molecule has 0 radical (unpaired) electrons. The summed E-state index contributed by atoms with van der Waals surface area (Å²) in [4.78, 5) is 11.4. The molecule has 0 aromatic heterocycles. The van der Waals surface area contributed by atoms with Crippen molar-refractivity contribution in [1.82, 2.24) is 5.32 Å². The van der Waals surface area contributed by atoms with Crippen LogP contribution in [-0.2, 0) is 11.3 Å². The molecule has 100 valence electrons. The number of nitrogens with one attached hydrogen (secondary N) is 1. The predicted molar refractivity (Wildman–Crippen MR) is 74.6 cm³/mol. The summed E-state index contributed by atoms with van der Waals surface area (Å²) in [7, 11) is 0. The number of amides is 1. The molecular formula is C12H16Cl3N2O+. The summed E-state index contributed by atoms with van der Waals surface area (Å²) in [5.74, 6) is -0.143. The molecule has 0 heterocycles. The van der Waals surface area contributed by atoms with Crippen LogP contribution in [0.15, 0.2) is 30.3 Å². The molecule has 1 atom stereocenters. The highest BCUT2D eigenvalue weighted by molar-refractivity contribution is 6.68. The highest BCUT2D eigenvalue weighted by atomic mass is 35.6. The van der Waals surface area contributed by atoms with E-state index >= 15 is 0 Å². The zero-order chi connectivity index (χ0) is 13.6. The molecule has 0 bridgehead atoms. The van der Waals surface area contributed by atoms with Gasteiger partial charge in [0.15, 0.2) is 0 Å². The minimum atomic E-state index is -1.54. The lowest BCUT2D eigenvalue weighted by Gasteiger charge is -2.23. The number of carbonyl (C=O) groups excluding carboxylic acids is 1. The Labute approximate surface area is 122 Å². The Kier molecular flexibility index (Phi) is 6.22. The number of benzene rings is 1. The van der Waals surface area contributed by atoms with Gasteiger partial charge in [-0.05, 0) is 0 Å². The Balaban J connectivity index is 2.59. The van der Waals surface area contributed by atoms with E-state index in [0.717, 1.165) is 5.56 Å². The van der Waals surface area contributed by atoms with Crippen LogP contribution in [0.5, 0.6) is 0 Å². The van der Waals surface area contributed by atoms with E-state index in [-0.39, 0.29) is 5.91 Å². The maximum atomic E-state index is 11.4. The largest absolute Gasteiger partial charge is 0.319 e. The third kappa shape index (κ3) is 5.44. The molecule has 18 heavy (non-hydrogen) atoms. The monoisotopic (exact) mass is 309 g/mol. The van der Waals surface area contributed by atoms with Gasteiger partial charge in [-0.3, -0.25) is 4.79 Å². The van der Waals surface area contributed by atoms with E-state index in [0.29, 0.717) is 13.0 Å². The first-order chi connectivity index (χ1) is 8.43. The summed E-state index contributed by atoms with van der Waals surface area (Å²) in [5, 5.41) is 4.49.